The molecule has 0 fully saturated rings. The van der Waals surface area contributed by atoms with Crippen molar-refractivity contribution in [3.63, 3.8) is 0 Å². The van der Waals surface area contributed by atoms with E-state index in [9.17, 15) is 19.1 Å². The molecule has 0 unspecified atom stereocenters. The molecule has 0 saturated heterocycles. The van der Waals surface area contributed by atoms with E-state index in [4.69, 9.17) is 5.11 Å². The van der Waals surface area contributed by atoms with Crippen molar-refractivity contribution >= 4 is 11.9 Å². The van der Waals surface area contributed by atoms with Gasteiger partial charge in [-0.1, -0.05) is 5.21 Å². The minimum atomic E-state index is -1.28. The molecule has 2 N–H and O–H groups in total. The number of hydrogen-bond acceptors (Lipinski definition) is 4. The Labute approximate surface area is 134 Å². The highest BCUT2D eigenvalue weighted by molar-refractivity contribution is 5.93. The molecule has 24 heavy (non-hydrogen) atoms. The summed E-state index contributed by atoms with van der Waals surface area (Å²) in [7, 11) is 0. The van der Waals surface area contributed by atoms with E-state index in [1.165, 1.54) is 53.2 Å². The van der Waals surface area contributed by atoms with Gasteiger partial charge in [-0.3, -0.25) is 0 Å². The summed E-state index contributed by atoms with van der Waals surface area (Å²) in [5.74, 6) is -2.81. The Morgan fingerprint density at radius 3 is 2.08 bits per heavy atom. The zero-order valence-electron chi connectivity index (χ0n) is 12.0. The molecule has 2 aromatic carbocycles. The summed E-state index contributed by atoms with van der Waals surface area (Å²) in [6.45, 7) is 0. The number of carbonyl (C=O) groups is 2. The van der Waals surface area contributed by atoms with Crippen LogP contribution in [-0.2, 0) is 0 Å². The molecule has 0 aliphatic rings. The van der Waals surface area contributed by atoms with E-state index in [-0.39, 0.29) is 17.0 Å². The van der Waals surface area contributed by atoms with E-state index in [0.717, 1.165) is 0 Å². The lowest BCUT2D eigenvalue weighted by Gasteiger charge is -2.07. The van der Waals surface area contributed by atoms with Gasteiger partial charge in [0.15, 0.2) is 5.69 Å². The standard InChI is InChI=1S/C16H10FN3O4/c17-11-5-1-9(2-6-11)14-13(16(23)24)18-19-20(14)12-7-3-10(4-8-12)15(21)22/h1-8H,(H,21,22)(H,23,24). The summed E-state index contributed by atoms with van der Waals surface area (Å²) in [6.07, 6.45) is 0. The number of aromatic nitrogens is 3. The summed E-state index contributed by atoms with van der Waals surface area (Å²) >= 11 is 0. The highest BCUT2D eigenvalue weighted by Gasteiger charge is 2.21. The highest BCUT2D eigenvalue weighted by Crippen LogP contribution is 2.25. The van der Waals surface area contributed by atoms with Crippen LogP contribution in [0.5, 0.6) is 0 Å². The third-order valence-corrected chi connectivity index (χ3v) is 3.35. The van der Waals surface area contributed by atoms with E-state index in [2.05, 4.69) is 10.3 Å². The van der Waals surface area contributed by atoms with Crippen LogP contribution < -0.4 is 0 Å². The van der Waals surface area contributed by atoms with E-state index in [0.29, 0.717) is 11.3 Å². The first-order valence-corrected chi connectivity index (χ1v) is 6.76. The van der Waals surface area contributed by atoms with Gasteiger partial charge in [0, 0.05) is 5.56 Å². The lowest BCUT2D eigenvalue weighted by atomic mass is 10.1. The third-order valence-electron chi connectivity index (χ3n) is 3.35. The van der Waals surface area contributed by atoms with Crippen LogP contribution in [0.4, 0.5) is 4.39 Å². The molecule has 7 nitrogen and oxygen atoms in total. The van der Waals surface area contributed by atoms with Gasteiger partial charge in [-0.15, -0.1) is 5.10 Å². The maximum atomic E-state index is 13.1. The smallest absolute Gasteiger partial charge is 0.358 e. The van der Waals surface area contributed by atoms with Crippen LogP contribution in [0.1, 0.15) is 20.8 Å². The zero-order chi connectivity index (χ0) is 17.3. The molecule has 0 bridgehead atoms. The van der Waals surface area contributed by atoms with E-state index < -0.39 is 17.8 Å². The summed E-state index contributed by atoms with van der Waals surface area (Å²) in [4.78, 5) is 22.3. The molecule has 0 aliphatic carbocycles. The molecule has 0 spiro atoms. The Hall–Kier alpha value is -3.55. The van der Waals surface area contributed by atoms with Gasteiger partial charge < -0.3 is 10.2 Å². The second kappa shape index (κ2) is 5.92. The van der Waals surface area contributed by atoms with Gasteiger partial charge >= 0.3 is 11.9 Å². The normalized spacial score (nSPS) is 10.5. The number of carboxylic acids is 2. The first kappa shape index (κ1) is 15.3. The summed E-state index contributed by atoms with van der Waals surface area (Å²) in [5, 5.41) is 25.7. The maximum absolute atomic E-state index is 13.1. The average molecular weight is 327 g/mol. The number of rotatable bonds is 4. The summed E-state index contributed by atoms with van der Waals surface area (Å²) in [5.41, 5.74) is 0.815. The fourth-order valence-corrected chi connectivity index (χ4v) is 2.22. The predicted octanol–water partition coefficient (Wildman–Crippen LogP) is 2.47. The summed E-state index contributed by atoms with van der Waals surface area (Å²) < 4.78 is 14.4. The largest absolute Gasteiger partial charge is 0.478 e. The summed E-state index contributed by atoms with van der Waals surface area (Å²) in [6, 6.07) is 10.9. The van der Waals surface area contributed by atoms with Crippen molar-refractivity contribution in [1.29, 1.82) is 0 Å². The molecular weight excluding hydrogens is 317 g/mol. The number of carboxylic acid groups (broad SMARTS) is 2. The Morgan fingerprint density at radius 1 is 0.917 bits per heavy atom. The SMILES string of the molecule is O=C(O)c1ccc(-n2nnc(C(=O)O)c2-c2ccc(F)cc2)cc1. The predicted molar refractivity (Wildman–Crippen MR) is 80.7 cm³/mol. The monoisotopic (exact) mass is 327 g/mol. The van der Waals surface area contributed by atoms with Gasteiger partial charge in [0.05, 0.1) is 11.3 Å². The van der Waals surface area contributed by atoms with Crippen LogP contribution in [0.25, 0.3) is 16.9 Å². The topological polar surface area (TPSA) is 105 Å². The molecule has 0 saturated carbocycles. The zero-order valence-corrected chi connectivity index (χ0v) is 12.0. The Kier molecular flexibility index (Phi) is 3.78. The van der Waals surface area contributed by atoms with Crippen LogP contribution in [-0.4, -0.2) is 37.1 Å². The van der Waals surface area contributed by atoms with Crippen molar-refractivity contribution in [2.75, 3.05) is 0 Å². The lowest BCUT2D eigenvalue weighted by molar-refractivity contribution is 0.0683. The fraction of sp³-hybridized carbons (Fsp3) is 0. The Bertz CT molecular complexity index is 918. The maximum Gasteiger partial charge on any atom is 0.358 e. The van der Waals surface area contributed by atoms with Crippen LogP contribution in [0.3, 0.4) is 0 Å². The van der Waals surface area contributed by atoms with Gasteiger partial charge in [-0.05, 0) is 48.5 Å². The van der Waals surface area contributed by atoms with Crippen molar-refractivity contribution in [3.05, 3.63) is 65.6 Å². The quantitative estimate of drug-likeness (QED) is 0.762. The van der Waals surface area contributed by atoms with Gasteiger partial charge in [0.25, 0.3) is 0 Å². The number of benzene rings is 2. The number of aromatic carboxylic acids is 2. The van der Waals surface area contributed by atoms with E-state index in [1.807, 2.05) is 0 Å². The molecule has 0 aliphatic heterocycles. The lowest BCUT2D eigenvalue weighted by Crippen LogP contribution is -2.04. The van der Waals surface area contributed by atoms with E-state index in [1.54, 1.807) is 0 Å². The molecule has 0 amide bonds. The van der Waals surface area contributed by atoms with Gasteiger partial charge in [0.1, 0.15) is 11.5 Å². The van der Waals surface area contributed by atoms with Crippen molar-refractivity contribution in [2.24, 2.45) is 0 Å². The number of halogens is 1. The molecule has 1 heterocycles. The molecule has 3 aromatic rings. The minimum Gasteiger partial charge on any atom is -0.478 e. The fourth-order valence-electron chi connectivity index (χ4n) is 2.22. The molecule has 0 atom stereocenters. The molecule has 8 heteroatoms. The average Bonchev–Trinajstić information content (AvgIpc) is 3.01. The molecular formula is C16H10FN3O4. The van der Waals surface area contributed by atoms with Crippen molar-refractivity contribution in [3.8, 4) is 16.9 Å². The molecule has 1 aromatic heterocycles. The molecule has 120 valence electrons. The first-order valence-electron chi connectivity index (χ1n) is 6.76. The number of hydrogen-bond donors (Lipinski definition) is 2. The van der Waals surface area contributed by atoms with Crippen molar-refractivity contribution in [2.45, 2.75) is 0 Å². The first-order chi connectivity index (χ1) is 11.5. The molecule has 0 radical (unpaired) electrons. The molecule has 3 rings (SSSR count). The van der Waals surface area contributed by atoms with Gasteiger partial charge in [-0.2, -0.15) is 0 Å². The van der Waals surface area contributed by atoms with Crippen molar-refractivity contribution in [1.82, 2.24) is 15.0 Å². The van der Waals surface area contributed by atoms with Gasteiger partial charge in [-0.25, -0.2) is 18.7 Å². The minimum absolute atomic E-state index is 0.0839. The second-order valence-corrected chi connectivity index (χ2v) is 4.86. The van der Waals surface area contributed by atoms with Gasteiger partial charge in [0.2, 0.25) is 0 Å². The van der Waals surface area contributed by atoms with Crippen LogP contribution in [0.2, 0.25) is 0 Å². The highest BCUT2D eigenvalue weighted by atomic mass is 19.1. The van der Waals surface area contributed by atoms with Crippen LogP contribution >= 0.6 is 0 Å². The van der Waals surface area contributed by atoms with Crippen molar-refractivity contribution < 1.29 is 24.2 Å². The second-order valence-electron chi connectivity index (χ2n) is 4.86. The Balaban J connectivity index is 2.16. The Morgan fingerprint density at radius 2 is 1.54 bits per heavy atom. The van der Waals surface area contributed by atoms with Crippen LogP contribution in [0.15, 0.2) is 48.5 Å². The number of nitrogens with zero attached hydrogens (tertiary/aromatic N) is 3. The van der Waals surface area contributed by atoms with E-state index >= 15 is 0 Å². The third kappa shape index (κ3) is 2.72. The van der Waals surface area contributed by atoms with Crippen LogP contribution in [0, 0.1) is 5.82 Å².